The maximum absolute atomic E-state index is 14.0. The van der Waals surface area contributed by atoms with Crippen LogP contribution in [0.1, 0.15) is 11.1 Å². The fraction of sp³-hybridized carbons (Fsp3) is 0.176. The minimum atomic E-state index is -0.290. The maximum Gasteiger partial charge on any atom is 0.132 e. The molecule has 0 bridgehead atoms. The summed E-state index contributed by atoms with van der Waals surface area (Å²) in [6, 6.07) is 12.5. The second-order valence-corrected chi connectivity index (χ2v) is 5.22. The summed E-state index contributed by atoms with van der Waals surface area (Å²) in [5.74, 6) is 6.20. The summed E-state index contributed by atoms with van der Waals surface area (Å²) in [7, 11) is 1.62. The van der Waals surface area contributed by atoms with Crippen molar-refractivity contribution in [2.75, 3.05) is 13.7 Å². The zero-order chi connectivity index (χ0) is 15.1. The third-order valence-corrected chi connectivity index (χ3v) is 3.92. The van der Waals surface area contributed by atoms with Gasteiger partial charge in [-0.15, -0.1) is 11.8 Å². The highest BCUT2D eigenvalue weighted by atomic mass is 32.2. The zero-order valence-electron chi connectivity index (χ0n) is 11.6. The molecular weight excluding hydrogens is 287 g/mol. The summed E-state index contributed by atoms with van der Waals surface area (Å²) < 4.78 is 19.3. The summed E-state index contributed by atoms with van der Waals surface area (Å²) in [6.07, 6.45) is 0. The number of aliphatic hydroxyl groups is 1. The van der Waals surface area contributed by atoms with E-state index in [1.54, 1.807) is 19.2 Å². The van der Waals surface area contributed by atoms with E-state index >= 15 is 0 Å². The molecule has 2 rings (SSSR count). The van der Waals surface area contributed by atoms with Crippen molar-refractivity contribution in [2.45, 2.75) is 10.6 Å². The Kier molecular flexibility index (Phi) is 5.68. The van der Waals surface area contributed by atoms with E-state index in [-0.39, 0.29) is 12.4 Å². The number of hydrogen-bond donors (Lipinski definition) is 1. The molecule has 0 atom stereocenters. The van der Waals surface area contributed by atoms with Crippen LogP contribution in [-0.2, 0) is 5.75 Å². The molecule has 21 heavy (non-hydrogen) atoms. The second kappa shape index (κ2) is 7.72. The molecule has 0 aliphatic heterocycles. The van der Waals surface area contributed by atoms with Gasteiger partial charge in [-0.2, -0.15) is 0 Å². The molecular formula is C17H15FO2S. The number of thioether (sulfide) groups is 1. The molecule has 0 unspecified atom stereocenters. The van der Waals surface area contributed by atoms with Gasteiger partial charge in [0.05, 0.1) is 7.11 Å². The third-order valence-electron chi connectivity index (χ3n) is 2.82. The van der Waals surface area contributed by atoms with Crippen LogP contribution in [0, 0.1) is 17.7 Å². The van der Waals surface area contributed by atoms with E-state index < -0.39 is 0 Å². The minimum absolute atomic E-state index is 0.229. The highest BCUT2D eigenvalue weighted by Crippen LogP contribution is 2.31. The first-order valence-electron chi connectivity index (χ1n) is 6.38. The molecule has 0 aliphatic carbocycles. The predicted molar refractivity (Wildman–Crippen MR) is 82.9 cm³/mol. The van der Waals surface area contributed by atoms with Crippen LogP contribution in [0.3, 0.4) is 0 Å². The summed E-state index contributed by atoms with van der Waals surface area (Å²) in [6.45, 7) is -0.229. The van der Waals surface area contributed by atoms with E-state index in [2.05, 4.69) is 11.8 Å². The van der Waals surface area contributed by atoms with Crippen molar-refractivity contribution in [3.63, 3.8) is 0 Å². The smallest absolute Gasteiger partial charge is 0.132 e. The number of hydrogen-bond acceptors (Lipinski definition) is 3. The van der Waals surface area contributed by atoms with E-state index in [1.165, 1.54) is 17.8 Å². The first-order valence-corrected chi connectivity index (χ1v) is 7.37. The van der Waals surface area contributed by atoms with Gasteiger partial charge >= 0.3 is 0 Å². The lowest BCUT2D eigenvalue weighted by molar-refractivity contribution is 0.350. The van der Waals surface area contributed by atoms with Crippen LogP contribution in [0.2, 0.25) is 0 Å². The van der Waals surface area contributed by atoms with Gasteiger partial charge in [-0.05, 0) is 29.8 Å². The molecule has 0 heterocycles. The second-order valence-electron chi connectivity index (χ2n) is 4.21. The molecule has 2 aromatic rings. The van der Waals surface area contributed by atoms with Crippen molar-refractivity contribution < 1.29 is 14.2 Å². The van der Waals surface area contributed by atoms with Gasteiger partial charge in [0.25, 0.3) is 0 Å². The van der Waals surface area contributed by atoms with Gasteiger partial charge in [0, 0.05) is 16.2 Å². The molecule has 0 spiro atoms. The Hall–Kier alpha value is -1.96. The molecule has 0 aromatic heterocycles. The van der Waals surface area contributed by atoms with Crippen molar-refractivity contribution in [1.82, 2.24) is 0 Å². The molecule has 0 saturated heterocycles. The van der Waals surface area contributed by atoms with Crippen molar-refractivity contribution in [3.8, 4) is 17.6 Å². The number of methoxy groups -OCH3 is 1. The van der Waals surface area contributed by atoms with Gasteiger partial charge in [0.15, 0.2) is 0 Å². The quantitative estimate of drug-likeness (QED) is 0.693. The van der Waals surface area contributed by atoms with Crippen LogP contribution in [0.25, 0.3) is 0 Å². The molecule has 2 nitrogen and oxygen atoms in total. The highest BCUT2D eigenvalue weighted by Gasteiger charge is 2.06. The average Bonchev–Trinajstić information content (AvgIpc) is 2.52. The first-order chi connectivity index (χ1) is 10.2. The topological polar surface area (TPSA) is 29.5 Å². The van der Waals surface area contributed by atoms with E-state index in [9.17, 15) is 4.39 Å². The summed E-state index contributed by atoms with van der Waals surface area (Å²) in [5.41, 5.74) is 1.17. The van der Waals surface area contributed by atoms with E-state index in [0.29, 0.717) is 16.9 Å². The van der Waals surface area contributed by atoms with Gasteiger partial charge in [0.2, 0.25) is 0 Å². The number of rotatable bonds is 4. The van der Waals surface area contributed by atoms with Crippen molar-refractivity contribution in [3.05, 3.63) is 59.4 Å². The van der Waals surface area contributed by atoms with Crippen molar-refractivity contribution >= 4 is 11.8 Å². The molecule has 0 aliphatic rings. The first kappa shape index (κ1) is 15.4. The van der Waals surface area contributed by atoms with Crippen LogP contribution in [0.5, 0.6) is 5.75 Å². The van der Waals surface area contributed by atoms with E-state index in [0.717, 1.165) is 10.6 Å². The van der Waals surface area contributed by atoms with Crippen LogP contribution < -0.4 is 4.74 Å². The molecule has 0 amide bonds. The molecule has 0 fully saturated rings. The number of aliphatic hydroxyl groups excluding tert-OH is 1. The highest BCUT2D eigenvalue weighted by molar-refractivity contribution is 7.98. The lowest BCUT2D eigenvalue weighted by Crippen LogP contribution is -1.91. The molecule has 0 saturated carbocycles. The summed E-state index contributed by atoms with van der Waals surface area (Å²) in [4.78, 5) is 0.976. The zero-order valence-corrected chi connectivity index (χ0v) is 12.4. The van der Waals surface area contributed by atoms with Gasteiger partial charge < -0.3 is 9.84 Å². The van der Waals surface area contributed by atoms with Crippen molar-refractivity contribution in [2.24, 2.45) is 0 Å². The van der Waals surface area contributed by atoms with Gasteiger partial charge in [-0.3, -0.25) is 0 Å². The Morgan fingerprint density at radius 1 is 1.24 bits per heavy atom. The lowest BCUT2D eigenvalue weighted by atomic mass is 10.1. The van der Waals surface area contributed by atoms with Gasteiger partial charge in [-0.25, -0.2) is 4.39 Å². The Morgan fingerprint density at radius 3 is 2.76 bits per heavy atom. The predicted octanol–water partition coefficient (Wildman–Crippen LogP) is 3.47. The van der Waals surface area contributed by atoms with Crippen LogP contribution in [-0.4, -0.2) is 18.8 Å². The normalized spacial score (nSPS) is 9.86. The summed E-state index contributed by atoms with van der Waals surface area (Å²) >= 11 is 1.52. The Labute approximate surface area is 128 Å². The van der Waals surface area contributed by atoms with Gasteiger partial charge in [-0.1, -0.05) is 30.0 Å². The van der Waals surface area contributed by atoms with E-state index in [4.69, 9.17) is 9.84 Å². The monoisotopic (exact) mass is 302 g/mol. The fourth-order valence-electron chi connectivity index (χ4n) is 1.78. The lowest BCUT2D eigenvalue weighted by Gasteiger charge is -2.08. The largest absolute Gasteiger partial charge is 0.496 e. The molecule has 0 radical (unpaired) electrons. The SMILES string of the molecule is COc1ccccc1SCc1ccc(C#CCO)cc1F. The average molecular weight is 302 g/mol. The number of para-hydroxylation sites is 1. The molecule has 2 aromatic carbocycles. The van der Waals surface area contributed by atoms with Crippen LogP contribution >= 0.6 is 11.8 Å². The van der Waals surface area contributed by atoms with E-state index in [1.807, 2.05) is 24.3 Å². The number of benzene rings is 2. The molecule has 4 heteroatoms. The Bertz CT molecular complexity index is 674. The third kappa shape index (κ3) is 4.25. The minimum Gasteiger partial charge on any atom is -0.496 e. The Morgan fingerprint density at radius 2 is 2.05 bits per heavy atom. The number of ether oxygens (including phenoxy) is 1. The Balaban J connectivity index is 2.10. The van der Waals surface area contributed by atoms with Gasteiger partial charge in [0.1, 0.15) is 18.2 Å². The maximum atomic E-state index is 14.0. The number of halogens is 1. The van der Waals surface area contributed by atoms with Crippen molar-refractivity contribution in [1.29, 1.82) is 0 Å². The summed E-state index contributed by atoms with van der Waals surface area (Å²) in [5, 5.41) is 8.63. The fourth-order valence-corrected chi connectivity index (χ4v) is 2.79. The standard InChI is InChI=1S/C17H15FO2S/c1-20-16-6-2-3-7-17(16)21-12-14-9-8-13(5-4-10-19)11-15(14)18/h2-3,6-9,11,19H,10,12H2,1H3. The molecule has 108 valence electrons. The van der Waals surface area contributed by atoms with Crippen LogP contribution in [0.4, 0.5) is 4.39 Å². The molecule has 1 N–H and O–H groups in total. The van der Waals surface area contributed by atoms with Crippen LogP contribution in [0.15, 0.2) is 47.4 Å².